The van der Waals surface area contributed by atoms with E-state index in [1.54, 1.807) is 18.5 Å². The van der Waals surface area contributed by atoms with Crippen LogP contribution in [0.4, 0.5) is 0 Å². The second-order valence-corrected chi connectivity index (χ2v) is 16.7. The highest BCUT2D eigenvalue weighted by Crippen LogP contribution is 2.69. The first kappa shape index (κ1) is 33.8. The van der Waals surface area contributed by atoms with Crippen molar-refractivity contribution < 1.29 is 33.1 Å². The summed E-state index contributed by atoms with van der Waals surface area (Å²) in [5.41, 5.74) is 0.429. The molecule has 1 aromatic heterocycles. The largest absolute Gasteiger partial charge is 0.393 e. The molecule has 44 heavy (non-hydrogen) atoms. The summed E-state index contributed by atoms with van der Waals surface area (Å²) < 4.78 is 32.3. The van der Waals surface area contributed by atoms with E-state index in [0.717, 1.165) is 44.1 Å². The molecule has 4 aliphatic carbocycles. The van der Waals surface area contributed by atoms with Crippen molar-refractivity contribution in [3.05, 3.63) is 30.1 Å². The van der Waals surface area contributed by atoms with Crippen molar-refractivity contribution in [1.29, 1.82) is 0 Å². The molecule has 0 aromatic carbocycles. The molecule has 4 fully saturated rings. The van der Waals surface area contributed by atoms with Crippen LogP contribution in [0.15, 0.2) is 24.5 Å². The summed E-state index contributed by atoms with van der Waals surface area (Å²) in [4.78, 5) is 19.0. The van der Waals surface area contributed by atoms with E-state index in [2.05, 4.69) is 32.7 Å². The lowest BCUT2D eigenvalue weighted by atomic mass is 9.41. The maximum absolute atomic E-state index is 13.4. The Labute approximate surface area is 263 Å². The third kappa shape index (κ3) is 6.23. The third-order valence-electron chi connectivity index (χ3n) is 13.1. The number of aromatic nitrogens is 1. The van der Waals surface area contributed by atoms with Crippen LogP contribution in [0.2, 0.25) is 0 Å². The van der Waals surface area contributed by atoms with Crippen LogP contribution < -0.4 is 0 Å². The number of hydrogen-bond acceptors (Lipinski definition) is 7. The van der Waals surface area contributed by atoms with Crippen molar-refractivity contribution in [3.63, 3.8) is 0 Å². The summed E-state index contributed by atoms with van der Waals surface area (Å²) in [6.45, 7) is 9.04. The molecule has 0 aliphatic heterocycles. The van der Waals surface area contributed by atoms with Gasteiger partial charge in [0.05, 0.1) is 24.1 Å². The zero-order valence-electron chi connectivity index (χ0n) is 26.9. The SMILES string of the molecule is CC[C@H]1[C@@H](O)[C@@H]2[C@H](C[C@H](O)[C@]3(C)[C@@H]([C@H](C)CCC(=O)N(CCS(=O)(=O)O)Cc4cccnc4)CC[C@@H]23)[C@@]2(C)CC[C@@H](O)C[C@@H]12. The van der Waals surface area contributed by atoms with E-state index >= 15 is 0 Å². The summed E-state index contributed by atoms with van der Waals surface area (Å²) >= 11 is 0. The molecule has 0 radical (unpaired) electrons. The van der Waals surface area contributed by atoms with Gasteiger partial charge in [0.15, 0.2) is 0 Å². The Hall–Kier alpha value is -1.59. The van der Waals surface area contributed by atoms with Gasteiger partial charge in [0.25, 0.3) is 10.1 Å². The van der Waals surface area contributed by atoms with Crippen LogP contribution in [-0.4, -0.2) is 74.7 Å². The normalized spacial score (nSPS) is 40.9. The molecular weight excluding hydrogens is 580 g/mol. The average molecular weight is 635 g/mol. The number of carbonyl (C=O) groups excluding carboxylic acids is 1. The molecule has 1 amide bonds. The van der Waals surface area contributed by atoms with E-state index in [4.69, 9.17) is 0 Å². The molecule has 4 saturated carbocycles. The van der Waals surface area contributed by atoms with E-state index in [9.17, 15) is 33.1 Å². The first-order chi connectivity index (χ1) is 20.7. The van der Waals surface area contributed by atoms with Crippen molar-refractivity contribution in [2.45, 2.75) is 110 Å². The number of carbonyl (C=O) groups is 1. The molecule has 1 heterocycles. The van der Waals surface area contributed by atoms with Gasteiger partial charge in [-0.05, 0) is 109 Å². The van der Waals surface area contributed by atoms with E-state index < -0.39 is 28.1 Å². The highest BCUT2D eigenvalue weighted by molar-refractivity contribution is 7.85. The Bertz CT molecular complexity index is 1260. The van der Waals surface area contributed by atoms with Crippen molar-refractivity contribution in [3.8, 4) is 0 Å². The fourth-order valence-electron chi connectivity index (χ4n) is 10.8. The minimum Gasteiger partial charge on any atom is -0.393 e. The quantitative estimate of drug-likeness (QED) is 0.278. The lowest BCUT2D eigenvalue weighted by Crippen LogP contribution is -2.65. The van der Waals surface area contributed by atoms with Crippen molar-refractivity contribution >= 4 is 16.0 Å². The van der Waals surface area contributed by atoms with Gasteiger partial charge in [-0.3, -0.25) is 14.3 Å². The molecule has 0 unspecified atom stereocenters. The number of amides is 1. The number of aliphatic hydroxyl groups is 3. The minimum atomic E-state index is -4.22. The molecule has 4 aliphatic rings. The summed E-state index contributed by atoms with van der Waals surface area (Å²) in [6, 6.07) is 3.60. The van der Waals surface area contributed by atoms with Crippen LogP contribution in [-0.2, 0) is 21.5 Å². The molecule has 0 spiro atoms. The molecule has 5 rings (SSSR count). The number of aliphatic hydroxyl groups excluding tert-OH is 3. The summed E-state index contributed by atoms with van der Waals surface area (Å²) in [6.07, 6.45) is 8.82. The Morgan fingerprint density at radius 2 is 1.86 bits per heavy atom. The molecule has 248 valence electrons. The molecule has 0 bridgehead atoms. The Morgan fingerprint density at radius 3 is 2.52 bits per heavy atom. The molecule has 12 atom stereocenters. The number of nitrogens with zero attached hydrogens (tertiary/aromatic N) is 2. The summed E-state index contributed by atoms with van der Waals surface area (Å²) in [7, 11) is -4.22. The standard InChI is InChI=1S/C34H54N2O7S/c1-5-24-27-17-23(37)12-13-33(27,3)28-18-29(38)34(4)25(9-10-26(34)31(28)32(24)40)21(2)8-11-30(39)36(15-16-44(41,42)43)20-22-7-6-14-35-19-22/h6-7,14,19,21,23-29,31-32,37-38,40H,5,8-13,15-18,20H2,1-4H3,(H,41,42,43)/t21-,23-,24-,25-,26+,27+,28+,29+,31+,32-,33+,34-/m1/s1. The Balaban J connectivity index is 1.31. The molecule has 4 N–H and O–H groups in total. The molecule has 10 heteroatoms. The lowest BCUT2D eigenvalue weighted by Gasteiger charge is -2.65. The van der Waals surface area contributed by atoms with Gasteiger partial charge in [-0.25, -0.2) is 0 Å². The smallest absolute Gasteiger partial charge is 0.266 e. The number of pyridine rings is 1. The van der Waals surface area contributed by atoms with E-state index in [1.165, 1.54) is 4.90 Å². The number of hydrogen-bond donors (Lipinski definition) is 4. The van der Waals surface area contributed by atoms with Crippen molar-refractivity contribution in [2.75, 3.05) is 12.3 Å². The maximum Gasteiger partial charge on any atom is 0.266 e. The topological polar surface area (TPSA) is 148 Å². The average Bonchev–Trinajstić information content (AvgIpc) is 3.34. The van der Waals surface area contributed by atoms with Crippen molar-refractivity contribution in [1.82, 2.24) is 9.88 Å². The van der Waals surface area contributed by atoms with Gasteiger partial charge in [0.2, 0.25) is 5.91 Å². The predicted octanol–water partition coefficient (Wildman–Crippen LogP) is 4.31. The second kappa shape index (κ2) is 12.9. The number of rotatable bonds is 10. The van der Waals surface area contributed by atoms with Crippen LogP contribution in [0.5, 0.6) is 0 Å². The van der Waals surface area contributed by atoms with Crippen LogP contribution in [0.1, 0.15) is 91.0 Å². The third-order valence-corrected chi connectivity index (χ3v) is 13.8. The van der Waals surface area contributed by atoms with Gasteiger partial charge < -0.3 is 20.2 Å². The zero-order valence-corrected chi connectivity index (χ0v) is 27.7. The molecule has 9 nitrogen and oxygen atoms in total. The van der Waals surface area contributed by atoms with Gasteiger partial charge in [-0.1, -0.05) is 40.2 Å². The zero-order chi connectivity index (χ0) is 32.0. The summed E-state index contributed by atoms with van der Waals surface area (Å²) in [5, 5.41) is 34.5. The Morgan fingerprint density at radius 1 is 1.11 bits per heavy atom. The van der Waals surface area contributed by atoms with Gasteiger partial charge in [0, 0.05) is 31.9 Å². The first-order valence-electron chi connectivity index (χ1n) is 16.9. The predicted molar refractivity (Wildman–Crippen MR) is 168 cm³/mol. The fourth-order valence-corrected chi connectivity index (χ4v) is 11.3. The van der Waals surface area contributed by atoms with Crippen LogP contribution in [0, 0.1) is 52.3 Å². The summed E-state index contributed by atoms with van der Waals surface area (Å²) in [5.74, 6) is 0.630. The Kier molecular flexibility index (Phi) is 9.90. The monoisotopic (exact) mass is 634 g/mol. The van der Waals surface area contributed by atoms with Gasteiger partial charge in [0.1, 0.15) is 0 Å². The lowest BCUT2D eigenvalue weighted by molar-refractivity contribution is -0.228. The van der Waals surface area contributed by atoms with Gasteiger partial charge in [-0.15, -0.1) is 0 Å². The van der Waals surface area contributed by atoms with Crippen LogP contribution >= 0.6 is 0 Å². The van der Waals surface area contributed by atoms with Crippen LogP contribution in [0.25, 0.3) is 0 Å². The highest BCUT2D eigenvalue weighted by atomic mass is 32.2. The number of fused-ring (bicyclic) bond motifs is 5. The molecule has 1 aromatic rings. The molecular formula is C34H54N2O7S. The van der Waals surface area contributed by atoms with E-state index in [-0.39, 0.29) is 83.8 Å². The van der Waals surface area contributed by atoms with E-state index in [1.807, 2.05) is 6.07 Å². The van der Waals surface area contributed by atoms with E-state index in [0.29, 0.717) is 12.8 Å². The minimum absolute atomic E-state index is 0.00200. The van der Waals surface area contributed by atoms with Gasteiger partial charge in [-0.2, -0.15) is 8.42 Å². The van der Waals surface area contributed by atoms with Gasteiger partial charge >= 0.3 is 0 Å². The fraction of sp³-hybridized carbons (Fsp3) is 0.824. The second-order valence-electron chi connectivity index (χ2n) is 15.2. The van der Waals surface area contributed by atoms with Crippen molar-refractivity contribution in [2.24, 2.45) is 52.3 Å². The highest BCUT2D eigenvalue weighted by Gasteiger charge is 2.67. The maximum atomic E-state index is 13.4. The molecule has 0 saturated heterocycles. The first-order valence-corrected chi connectivity index (χ1v) is 18.5. The van der Waals surface area contributed by atoms with Crippen LogP contribution in [0.3, 0.4) is 0 Å².